The van der Waals surface area contributed by atoms with Crippen molar-refractivity contribution in [1.82, 2.24) is 0 Å². The van der Waals surface area contributed by atoms with Crippen LogP contribution in [0.15, 0.2) is 97.1 Å². The first-order valence-corrected chi connectivity index (χ1v) is 21.0. The van der Waals surface area contributed by atoms with E-state index in [2.05, 4.69) is 195 Å². The van der Waals surface area contributed by atoms with Crippen molar-refractivity contribution in [2.24, 2.45) is 0 Å². The van der Waals surface area contributed by atoms with Gasteiger partial charge < -0.3 is 9.80 Å². The summed E-state index contributed by atoms with van der Waals surface area (Å²) in [7, 11) is 0. The van der Waals surface area contributed by atoms with Crippen LogP contribution in [0.5, 0.6) is 0 Å². The first-order valence-electron chi connectivity index (χ1n) is 21.0. The zero-order valence-electron chi connectivity index (χ0n) is 35.7. The van der Waals surface area contributed by atoms with E-state index in [9.17, 15) is 0 Å². The molecule has 3 aliphatic rings. The van der Waals surface area contributed by atoms with E-state index in [-0.39, 0.29) is 28.6 Å². The SMILES string of the molecule is CC(C)c1cccc(C(C)C)c1N1CCC(=O)N(c2c(C(C)C)cccc2C(C)C)[C]1c1cc2c3c(c1)C(C)(C)c1ccccc1N3c1ccccc1C2(C)C. The van der Waals surface area contributed by atoms with E-state index >= 15 is 4.79 Å². The molecule has 5 aromatic carbocycles. The number of carbonyl (C=O) groups excluding carboxylic acids is 1. The van der Waals surface area contributed by atoms with Gasteiger partial charge in [-0.1, -0.05) is 156 Å². The van der Waals surface area contributed by atoms with Crippen LogP contribution >= 0.6 is 0 Å². The third kappa shape index (κ3) is 5.64. The highest BCUT2D eigenvalue weighted by molar-refractivity contribution is 6.02. The Morgan fingerprint density at radius 2 is 0.893 bits per heavy atom. The topological polar surface area (TPSA) is 26.8 Å². The minimum Gasteiger partial charge on any atom is -0.340 e. The molecular weight excluding hydrogens is 683 g/mol. The van der Waals surface area contributed by atoms with Gasteiger partial charge in [-0.2, -0.15) is 0 Å². The van der Waals surface area contributed by atoms with Crippen LogP contribution in [-0.4, -0.2) is 12.5 Å². The van der Waals surface area contributed by atoms with Crippen LogP contribution in [-0.2, 0) is 15.6 Å². The molecule has 3 heterocycles. The average molecular weight is 743 g/mol. The number of hydrogen-bond donors (Lipinski definition) is 0. The molecule has 4 nitrogen and oxygen atoms in total. The van der Waals surface area contributed by atoms with Crippen molar-refractivity contribution in [2.45, 2.75) is 124 Å². The minimum atomic E-state index is -0.303. The highest BCUT2D eigenvalue weighted by Crippen LogP contribution is 2.61. The van der Waals surface area contributed by atoms with Crippen molar-refractivity contribution in [3.8, 4) is 0 Å². The molecule has 289 valence electrons. The third-order valence-corrected chi connectivity index (χ3v) is 13.0. The predicted octanol–water partition coefficient (Wildman–Crippen LogP) is 13.7. The highest BCUT2D eigenvalue weighted by atomic mass is 16.2. The Labute approximate surface area is 336 Å². The Balaban J connectivity index is 1.51. The zero-order chi connectivity index (χ0) is 40.0. The molecule has 1 radical (unpaired) electrons. The van der Waals surface area contributed by atoms with Crippen LogP contribution in [0.1, 0.15) is 163 Å². The highest BCUT2D eigenvalue weighted by Gasteiger charge is 2.48. The molecule has 0 saturated carbocycles. The van der Waals surface area contributed by atoms with Gasteiger partial charge >= 0.3 is 0 Å². The Morgan fingerprint density at radius 3 is 1.32 bits per heavy atom. The Kier molecular flexibility index (Phi) is 9.30. The Bertz CT molecular complexity index is 2210. The summed E-state index contributed by atoms with van der Waals surface area (Å²) in [5.41, 5.74) is 16.8. The quantitative estimate of drug-likeness (QED) is 0.166. The fourth-order valence-corrected chi connectivity index (χ4v) is 10.0. The standard InChI is InChI=1S/C52H60N3O/c1-31(2)36-19-17-20-37(32(3)4)47(36)53-28-27-46(56)55(48-38(33(5)6)21-18-22-39(48)34(7)8)50(53)35-29-42-49-43(30-35)52(11,12)41-24-14-16-26-45(41)54(49)44-25-15-13-23-40(44)51(42,9)10/h13-26,29-34H,27-28H2,1-12H3. The number of anilines is 5. The molecule has 1 amide bonds. The van der Waals surface area contributed by atoms with Crippen molar-refractivity contribution in [3.05, 3.63) is 153 Å². The number of nitrogens with zero attached hydrogens (tertiary/aromatic N) is 3. The van der Waals surface area contributed by atoms with Gasteiger partial charge in [0.15, 0.2) is 6.17 Å². The van der Waals surface area contributed by atoms with Gasteiger partial charge in [-0.25, -0.2) is 0 Å². The molecular formula is C52H60N3O. The van der Waals surface area contributed by atoms with E-state index in [1.165, 1.54) is 67.3 Å². The van der Waals surface area contributed by atoms with Crippen LogP contribution in [0, 0.1) is 6.17 Å². The summed E-state index contributed by atoms with van der Waals surface area (Å²) in [6, 6.07) is 36.3. The zero-order valence-corrected chi connectivity index (χ0v) is 35.7. The number of amides is 1. The molecule has 4 heteroatoms. The number of para-hydroxylation sites is 4. The second-order valence-corrected chi connectivity index (χ2v) is 18.7. The van der Waals surface area contributed by atoms with Gasteiger partial charge in [0.05, 0.1) is 22.7 Å². The lowest BCUT2D eigenvalue weighted by molar-refractivity contribution is -0.118. The molecule has 0 atom stereocenters. The van der Waals surface area contributed by atoms with Gasteiger partial charge in [-0.3, -0.25) is 9.69 Å². The number of rotatable bonds is 7. The summed E-state index contributed by atoms with van der Waals surface area (Å²) in [4.78, 5) is 22.3. The Morgan fingerprint density at radius 1 is 0.482 bits per heavy atom. The maximum Gasteiger partial charge on any atom is 0.231 e. The molecule has 8 rings (SSSR count). The second kappa shape index (κ2) is 13.7. The maximum atomic E-state index is 15.1. The molecule has 0 N–H and O–H groups in total. The second-order valence-electron chi connectivity index (χ2n) is 18.7. The van der Waals surface area contributed by atoms with E-state index in [4.69, 9.17) is 0 Å². The van der Waals surface area contributed by atoms with Gasteiger partial charge in [0.2, 0.25) is 5.91 Å². The van der Waals surface area contributed by atoms with Crippen LogP contribution < -0.4 is 14.7 Å². The van der Waals surface area contributed by atoms with Crippen LogP contribution in [0.4, 0.5) is 28.4 Å². The fourth-order valence-electron chi connectivity index (χ4n) is 10.0. The third-order valence-electron chi connectivity index (χ3n) is 13.0. The van der Waals surface area contributed by atoms with E-state index in [1.807, 2.05) is 0 Å². The Hall–Kier alpha value is -4.83. The van der Waals surface area contributed by atoms with Gasteiger partial charge in [-0.15, -0.1) is 0 Å². The largest absolute Gasteiger partial charge is 0.340 e. The molecule has 0 aliphatic carbocycles. The normalized spacial score (nSPS) is 17.2. The van der Waals surface area contributed by atoms with E-state index in [0.29, 0.717) is 24.8 Å². The molecule has 1 saturated heterocycles. The molecule has 1 fully saturated rings. The summed E-state index contributed by atoms with van der Waals surface area (Å²) >= 11 is 0. The summed E-state index contributed by atoms with van der Waals surface area (Å²) < 4.78 is 0. The van der Waals surface area contributed by atoms with E-state index in [1.54, 1.807) is 0 Å². The van der Waals surface area contributed by atoms with Gasteiger partial charge in [0, 0.05) is 35.0 Å². The van der Waals surface area contributed by atoms with Crippen molar-refractivity contribution in [1.29, 1.82) is 0 Å². The average Bonchev–Trinajstić information content (AvgIpc) is 3.16. The molecule has 0 bridgehead atoms. The fraction of sp³-hybridized carbons (Fsp3) is 0.385. The molecule has 0 unspecified atom stereocenters. The summed E-state index contributed by atoms with van der Waals surface area (Å²) in [5.74, 6) is 1.21. The lowest BCUT2D eigenvalue weighted by Crippen LogP contribution is -2.53. The molecule has 5 aromatic rings. The molecule has 0 aromatic heterocycles. The van der Waals surface area contributed by atoms with Crippen molar-refractivity contribution < 1.29 is 4.79 Å². The smallest absolute Gasteiger partial charge is 0.231 e. The number of carbonyl (C=O) groups is 1. The van der Waals surface area contributed by atoms with Crippen LogP contribution in [0.25, 0.3) is 0 Å². The minimum absolute atomic E-state index is 0.154. The summed E-state index contributed by atoms with van der Waals surface area (Å²) in [6.07, 6.45) is 1.40. The van der Waals surface area contributed by atoms with Crippen molar-refractivity contribution in [2.75, 3.05) is 21.2 Å². The number of fused-ring (bicyclic) bond motifs is 4. The molecule has 3 aliphatic heterocycles. The first kappa shape index (κ1) is 38.1. The van der Waals surface area contributed by atoms with Crippen LogP contribution in [0.3, 0.4) is 0 Å². The summed E-state index contributed by atoms with van der Waals surface area (Å²) in [6.45, 7) is 28.4. The first-order chi connectivity index (χ1) is 26.6. The monoisotopic (exact) mass is 742 g/mol. The van der Waals surface area contributed by atoms with Crippen molar-refractivity contribution >= 4 is 34.3 Å². The summed E-state index contributed by atoms with van der Waals surface area (Å²) in [5, 5.41) is 0. The van der Waals surface area contributed by atoms with Gasteiger partial charge in [-0.05, 0) is 92.4 Å². The molecule has 56 heavy (non-hydrogen) atoms. The van der Waals surface area contributed by atoms with E-state index < -0.39 is 0 Å². The maximum absolute atomic E-state index is 15.1. The van der Waals surface area contributed by atoms with Crippen LogP contribution in [0.2, 0.25) is 0 Å². The lowest BCUT2D eigenvalue weighted by atomic mass is 9.65. The number of benzene rings is 5. The van der Waals surface area contributed by atoms with Crippen molar-refractivity contribution in [3.63, 3.8) is 0 Å². The van der Waals surface area contributed by atoms with Gasteiger partial charge in [0.25, 0.3) is 0 Å². The predicted molar refractivity (Wildman–Crippen MR) is 236 cm³/mol. The molecule has 0 spiro atoms. The van der Waals surface area contributed by atoms with E-state index in [0.717, 1.165) is 17.4 Å². The number of hydrogen-bond acceptors (Lipinski definition) is 3. The lowest BCUT2D eigenvalue weighted by Gasteiger charge is -2.51. The van der Waals surface area contributed by atoms with Gasteiger partial charge in [0.1, 0.15) is 0 Å².